The van der Waals surface area contributed by atoms with E-state index in [-0.39, 0.29) is 11.1 Å². The van der Waals surface area contributed by atoms with Gasteiger partial charge in [0, 0.05) is 11.5 Å². The van der Waals surface area contributed by atoms with Crippen LogP contribution in [0.25, 0.3) is 22.2 Å². The highest BCUT2D eigenvalue weighted by atomic mass is 19.1. The molecule has 0 saturated heterocycles. The second kappa shape index (κ2) is 5.15. The first kappa shape index (κ1) is 14.9. The Hall–Kier alpha value is -2.70. The summed E-state index contributed by atoms with van der Waals surface area (Å²) in [4.78, 5) is 19.8. The summed E-state index contributed by atoms with van der Waals surface area (Å²) in [5.74, 6) is 0.208. The standard InChI is InChI=1S/C17H16FN3O3/c1-7-12(8(2)24-21-7)10-6-11-15(13(14(10)18)17(22)23-3)20-16(19-11)9-4-5-9/h6,9H,4-5H2,1-3H3,(H,19,20). The number of esters is 1. The maximum absolute atomic E-state index is 15.2. The van der Waals surface area contributed by atoms with Crippen LogP contribution in [-0.4, -0.2) is 28.2 Å². The first-order chi connectivity index (χ1) is 11.5. The van der Waals surface area contributed by atoms with Crippen molar-refractivity contribution in [2.75, 3.05) is 7.11 Å². The van der Waals surface area contributed by atoms with Crippen LogP contribution in [0, 0.1) is 19.7 Å². The molecule has 2 aromatic heterocycles. The first-order valence-electron chi connectivity index (χ1n) is 7.75. The molecule has 1 aliphatic rings. The number of hydrogen-bond donors (Lipinski definition) is 1. The second-order valence-corrected chi connectivity index (χ2v) is 6.10. The third-order valence-corrected chi connectivity index (χ3v) is 4.39. The third kappa shape index (κ3) is 2.11. The van der Waals surface area contributed by atoms with Gasteiger partial charge in [-0.25, -0.2) is 14.2 Å². The van der Waals surface area contributed by atoms with E-state index in [1.807, 2.05) is 0 Å². The normalized spacial score (nSPS) is 14.3. The van der Waals surface area contributed by atoms with Gasteiger partial charge in [0.1, 0.15) is 28.5 Å². The molecule has 24 heavy (non-hydrogen) atoms. The number of aryl methyl sites for hydroxylation is 2. The Kier molecular flexibility index (Phi) is 3.19. The van der Waals surface area contributed by atoms with Crippen LogP contribution < -0.4 is 0 Å². The lowest BCUT2D eigenvalue weighted by Crippen LogP contribution is -2.07. The fourth-order valence-corrected chi connectivity index (χ4v) is 3.04. The molecule has 0 atom stereocenters. The highest BCUT2D eigenvalue weighted by molar-refractivity contribution is 6.04. The van der Waals surface area contributed by atoms with Gasteiger partial charge in [0.2, 0.25) is 0 Å². The Bertz CT molecular complexity index is 950. The van der Waals surface area contributed by atoms with Crippen LogP contribution >= 0.6 is 0 Å². The first-order valence-corrected chi connectivity index (χ1v) is 7.75. The molecule has 1 aromatic carbocycles. The number of nitrogens with zero attached hydrogens (tertiary/aromatic N) is 2. The van der Waals surface area contributed by atoms with Crippen LogP contribution in [0.15, 0.2) is 10.6 Å². The summed E-state index contributed by atoms with van der Waals surface area (Å²) in [6, 6.07) is 1.66. The minimum absolute atomic E-state index is 0.159. The summed E-state index contributed by atoms with van der Waals surface area (Å²) < 4.78 is 25.1. The number of halogens is 1. The molecule has 2 heterocycles. The van der Waals surface area contributed by atoms with Crippen molar-refractivity contribution < 1.29 is 18.4 Å². The highest BCUT2D eigenvalue weighted by Gasteiger charge is 2.30. The van der Waals surface area contributed by atoms with E-state index in [4.69, 9.17) is 9.26 Å². The molecule has 7 heteroatoms. The molecule has 0 aliphatic heterocycles. The average Bonchev–Trinajstić information content (AvgIpc) is 3.25. The summed E-state index contributed by atoms with van der Waals surface area (Å²) in [5.41, 5.74) is 2.11. The molecule has 1 fully saturated rings. The van der Waals surface area contributed by atoms with E-state index < -0.39 is 11.8 Å². The summed E-state index contributed by atoms with van der Waals surface area (Å²) in [5, 5.41) is 3.87. The number of carbonyl (C=O) groups is 1. The molecule has 0 bridgehead atoms. The topological polar surface area (TPSA) is 81.0 Å². The Balaban J connectivity index is 2.04. The maximum Gasteiger partial charge on any atom is 0.343 e. The molecule has 0 amide bonds. The van der Waals surface area contributed by atoms with Gasteiger partial charge in [-0.2, -0.15) is 0 Å². The fraction of sp³-hybridized carbons (Fsp3) is 0.353. The molecule has 0 unspecified atom stereocenters. The Morgan fingerprint density at radius 1 is 1.42 bits per heavy atom. The van der Waals surface area contributed by atoms with Crippen molar-refractivity contribution in [2.45, 2.75) is 32.6 Å². The van der Waals surface area contributed by atoms with Gasteiger partial charge in [-0.15, -0.1) is 0 Å². The zero-order chi connectivity index (χ0) is 17.0. The zero-order valence-corrected chi connectivity index (χ0v) is 13.6. The molecular weight excluding hydrogens is 313 g/mol. The van der Waals surface area contributed by atoms with Crippen LogP contribution in [0.5, 0.6) is 0 Å². The van der Waals surface area contributed by atoms with Crippen LogP contribution in [0.4, 0.5) is 4.39 Å². The number of hydrogen-bond acceptors (Lipinski definition) is 5. The monoisotopic (exact) mass is 329 g/mol. The number of H-pyrrole nitrogens is 1. The summed E-state index contributed by atoms with van der Waals surface area (Å²) in [7, 11) is 1.23. The lowest BCUT2D eigenvalue weighted by Gasteiger charge is -2.08. The Morgan fingerprint density at radius 3 is 2.75 bits per heavy atom. The molecule has 6 nitrogen and oxygen atoms in total. The lowest BCUT2D eigenvalue weighted by atomic mass is 9.99. The molecule has 3 aromatic rings. The molecule has 4 rings (SSSR count). The summed E-state index contributed by atoms with van der Waals surface area (Å²) in [6.07, 6.45) is 2.10. The Labute approximate surface area is 137 Å². The van der Waals surface area contributed by atoms with E-state index in [0.29, 0.717) is 34.0 Å². The molecule has 0 radical (unpaired) electrons. The number of aromatic nitrogens is 3. The van der Waals surface area contributed by atoms with Crippen molar-refractivity contribution in [2.24, 2.45) is 0 Å². The molecule has 1 aliphatic carbocycles. The number of nitrogens with one attached hydrogen (secondary N) is 1. The lowest BCUT2D eigenvalue weighted by molar-refractivity contribution is 0.0598. The van der Waals surface area contributed by atoms with E-state index in [1.165, 1.54) is 7.11 Å². The number of rotatable bonds is 3. The number of fused-ring (bicyclic) bond motifs is 1. The van der Waals surface area contributed by atoms with Gasteiger partial charge >= 0.3 is 5.97 Å². The minimum Gasteiger partial charge on any atom is -0.465 e. The van der Waals surface area contributed by atoms with Gasteiger partial charge in [0.25, 0.3) is 0 Å². The van der Waals surface area contributed by atoms with Crippen molar-refractivity contribution in [3.63, 3.8) is 0 Å². The number of methoxy groups -OCH3 is 1. The van der Waals surface area contributed by atoms with Crippen LogP contribution in [0.1, 0.15) is 46.4 Å². The third-order valence-electron chi connectivity index (χ3n) is 4.39. The number of carbonyl (C=O) groups excluding carboxylic acids is 1. The highest BCUT2D eigenvalue weighted by Crippen LogP contribution is 2.41. The molecule has 1 N–H and O–H groups in total. The minimum atomic E-state index is -0.750. The van der Waals surface area contributed by atoms with Gasteiger partial charge in [-0.1, -0.05) is 5.16 Å². The molecular formula is C17H16FN3O3. The van der Waals surface area contributed by atoms with Crippen LogP contribution in [0.3, 0.4) is 0 Å². The van der Waals surface area contributed by atoms with Crippen molar-refractivity contribution >= 4 is 17.0 Å². The number of aromatic amines is 1. The van der Waals surface area contributed by atoms with Crippen molar-refractivity contribution in [1.29, 1.82) is 0 Å². The van der Waals surface area contributed by atoms with Crippen LogP contribution in [-0.2, 0) is 4.74 Å². The van der Waals surface area contributed by atoms with E-state index in [0.717, 1.165) is 18.7 Å². The molecule has 0 spiro atoms. The maximum atomic E-state index is 15.2. The summed E-state index contributed by atoms with van der Waals surface area (Å²) >= 11 is 0. The fourth-order valence-electron chi connectivity index (χ4n) is 3.04. The van der Waals surface area contributed by atoms with Crippen molar-refractivity contribution in [3.8, 4) is 11.1 Å². The van der Waals surface area contributed by atoms with Gasteiger partial charge in [-0.05, 0) is 32.8 Å². The molecule has 124 valence electrons. The second-order valence-electron chi connectivity index (χ2n) is 6.10. The zero-order valence-electron chi connectivity index (χ0n) is 13.6. The van der Waals surface area contributed by atoms with Gasteiger partial charge < -0.3 is 14.2 Å². The largest absolute Gasteiger partial charge is 0.465 e. The molecule has 1 saturated carbocycles. The number of ether oxygens (including phenoxy) is 1. The quantitative estimate of drug-likeness (QED) is 0.742. The van der Waals surface area contributed by atoms with E-state index >= 15 is 4.39 Å². The van der Waals surface area contributed by atoms with E-state index in [2.05, 4.69) is 15.1 Å². The SMILES string of the molecule is COC(=O)c1c(F)c(-c2c(C)noc2C)cc2[nH]c(C3CC3)nc12. The predicted molar refractivity (Wildman–Crippen MR) is 84.3 cm³/mol. The summed E-state index contributed by atoms with van der Waals surface area (Å²) in [6.45, 7) is 3.44. The van der Waals surface area contributed by atoms with Crippen LogP contribution in [0.2, 0.25) is 0 Å². The number of imidazole rings is 1. The van der Waals surface area contributed by atoms with Crippen molar-refractivity contribution in [3.05, 3.63) is 34.7 Å². The smallest absolute Gasteiger partial charge is 0.343 e. The van der Waals surface area contributed by atoms with E-state index in [1.54, 1.807) is 19.9 Å². The van der Waals surface area contributed by atoms with Gasteiger partial charge in [0.05, 0.1) is 23.9 Å². The van der Waals surface area contributed by atoms with E-state index in [9.17, 15) is 4.79 Å². The van der Waals surface area contributed by atoms with Crippen molar-refractivity contribution in [1.82, 2.24) is 15.1 Å². The van der Waals surface area contributed by atoms with Gasteiger partial charge in [0.15, 0.2) is 0 Å². The Morgan fingerprint density at radius 2 is 2.17 bits per heavy atom. The number of benzene rings is 1. The predicted octanol–water partition coefficient (Wildman–Crippen LogP) is 3.64. The van der Waals surface area contributed by atoms with Gasteiger partial charge in [-0.3, -0.25) is 0 Å². The average molecular weight is 329 g/mol.